The Balaban J connectivity index is 1.69. The van der Waals surface area contributed by atoms with E-state index in [4.69, 9.17) is 9.47 Å². The van der Waals surface area contributed by atoms with Crippen LogP contribution in [0.15, 0.2) is 17.8 Å². The van der Waals surface area contributed by atoms with E-state index in [0.29, 0.717) is 35.3 Å². The monoisotopic (exact) mass is 322 g/mol. The number of hydrogen-bond donors (Lipinski definition) is 2. The van der Waals surface area contributed by atoms with E-state index >= 15 is 0 Å². The van der Waals surface area contributed by atoms with Crippen LogP contribution in [0.3, 0.4) is 0 Å². The first kappa shape index (κ1) is 14.4. The fourth-order valence-corrected chi connectivity index (χ4v) is 2.77. The number of thiophene rings is 1. The molecule has 2 aromatic rings. The van der Waals surface area contributed by atoms with Gasteiger partial charge in [0, 0.05) is 18.6 Å². The Morgan fingerprint density at radius 1 is 1.41 bits per heavy atom. The van der Waals surface area contributed by atoms with E-state index in [9.17, 15) is 9.59 Å². The third kappa shape index (κ3) is 2.89. The van der Waals surface area contributed by atoms with Gasteiger partial charge >= 0.3 is 0 Å². The largest absolute Gasteiger partial charge is 0.485 e. The Morgan fingerprint density at radius 3 is 3.05 bits per heavy atom. The lowest BCUT2D eigenvalue weighted by Crippen LogP contribution is -2.23. The maximum absolute atomic E-state index is 12.3. The average molecular weight is 322 g/mol. The summed E-state index contributed by atoms with van der Waals surface area (Å²) in [6.45, 7) is 1.00. The van der Waals surface area contributed by atoms with E-state index in [0.717, 1.165) is 0 Å². The number of hydrogen-bond acceptors (Lipinski definition) is 6. The van der Waals surface area contributed by atoms with Gasteiger partial charge in [-0.15, -0.1) is 11.3 Å². The Kier molecular flexibility index (Phi) is 3.96. The molecule has 22 heavy (non-hydrogen) atoms. The van der Waals surface area contributed by atoms with Crippen molar-refractivity contribution in [2.75, 3.05) is 25.6 Å². The molecule has 0 bridgehead atoms. The summed E-state index contributed by atoms with van der Waals surface area (Å²) < 4.78 is 12.3. The van der Waals surface area contributed by atoms with E-state index in [1.807, 2.05) is 0 Å². The van der Waals surface area contributed by atoms with Crippen molar-refractivity contribution >= 4 is 28.8 Å². The summed E-state index contributed by atoms with van der Waals surface area (Å²) >= 11 is 1.26. The van der Waals surface area contributed by atoms with Crippen molar-refractivity contribution in [1.29, 1.82) is 0 Å². The molecule has 1 aliphatic heterocycles. The zero-order valence-electron chi connectivity index (χ0n) is 11.8. The predicted octanol–water partition coefficient (Wildman–Crippen LogP) is 0.714. The molecule has 2 aromatic heterocycles. The second-order valence-corrected chi connectivity index (χ2v) is 5.39. The van der Waals surface area contributed by atoms with Crippen molar-refractivity contribution in [3.63, 3.8) is 0 Å². The third-order valence-corrected chi connectivity index (χ3v) is 3.92. The topological polar surface area (TPSA) is 94.5 Å². The maximum Gasteiger partial charge on any atom is 0.269 e. The van der Waals surface area contributed by atoms with Crippen molar-refractivity contribution in [1.82, 2.24) is 15.1 Å². The van der Waals surface area contributed by atoms with Gasteiger partial charge in [0.05, 0.1) is 11.9 Å². The lowest BCUT2D eigenvalue weighted by molar-refractivity contribution is -0.121. The Hall–Kier alpha value is -2.55. The number of ether oxygens (including phenoxy) is 2. The van der Waals surface area contributed by atoms with E-state index in [2.05, 4.69) is 15.7 Å². The summed E-state index contributed by atoms with van der Waals surface area (Å²) in [6.07, 6.45) is 3.07. The Labute approximate surface area is 130 Å². The number of carbonyl (C=O) groups excluding carboxylic acids is 2. The summed E-state index contributed by atoms with van der Waals surface area (Å²) in [7, 11) is 1.55. The Bertz CT molecular complexity index is 709. The SMILES string of the molecule is CNC(=O)Cn1cc(NC(=O)c2scc3c2OCCO3)cn1. The highest BCUT2D eigenvalue weighted by Crippen LogP contribution is 2.39. The van der Waals surface area contributed by atoms with Crippen LogP contribution in [0.2, 0.25) is 0 Å². The van der Waals surface area contributed by atoms with Crippen LogP contribution >= 0.6 is 11.3 Å². The molecule has 0 saturated carbocycles. The highest BCUT2D eigenvalue weighted by molar-refractivity contribution is 7.13. The van der Waals surface area contributed by atoms with E-state index in [1.54, 1.807) is 18.6 Å². The first-order valence-corrected chi connectivity index (χ1v) is 7.47. The van der Waals surface area contributed by atoms with Crippen LogP contribution in [0, 0.1) is 0 Å². The van der Waals surface area contributed by atoms with Gasteiger partial charge in [-0.2, -0.15) is 5.10 Å². The van der Waals surface area contributed by atoms with E-state index in [-0.39, 0.29) is 18.4 Å². The fraction of sp³-hybridized carbons (Fsp3) is 0.308. The van der Waals surface area contributed by atoms with Crippen molar-refractivity contribution in [2.45, 2.75) is 6.54 Å². The number of likely N-dealkylation sites (N-methyl/N-ethyl adjacent to an activating group) is 1. The van der Waals surface area contributed by atoms with Gasteiger partial charge in [-0.3, -0.25) is 14.3 Å². The fourth-order valence-electron chi connectivity index (χ4n) is 1.95. The molecule has 0 aromatic carbocycles. The summed E-state index contributed by atoms with van der Waals surface area (Å²) in [5, 5.41) is 11.0. The quantitative estimate of drug-likeness (QED) is 0.865. The predicted molar refractivity (Wildman–Crippen MR) is 79.6 cm³/mol. The molecule has 0 aliphatic carbocycles. The zero-order chi connectivity index (χ0) is 15.5. The number of amides is 2. The molecule has 0 unspecified atom stereocenters. The molecule has 2 amide bonds. The van der Waals surface area contributed by atoms with E-state index < -0.39 is 0 Å². The van der Waals surface area contributed by atoms with Crippen molar-refractivity contribution < 1.29 is 19.1 Å². The van der Waals surface area contributed by atoms with Crippen LogP contribution in [0.5, 0.6) is 11.5 Å². The van der Waals surface area contributed by atoms with Crippen LogP contribution in [0.1, 0.15) is 9.67 Å². The van der Waals surface area contributed by atoms with Gasteiger partial charge in [0.2, 0.25) is 5.91 Å². The molecule has 0 atom stereocenters. The molecule has 1 aliphatic rings. The number of nitrogens with one attached hydrogen (secondary N) is 2. The standard InChI is InChI=1S/C13H14N4O4S/c1-14-10(18)6-17-5-8(4-15-17)16-13(19)12-11-9(7-22-12)20-2-3-21-11/h4-5,7H,2-3,6H2,1H3,(H,14,18)(H,16,19). The molecule has 0 radical (unpaired) electrons. The maximum atomic E-state index is 12.3. The number of nitrogens with zero attached hydrogens (tertiary/aromatic N) is 2. The van der Waals surface area contributed by atoms with Gasteiger partial charge in [-0.25, -0.2) is 0 Å². The minimum Gasteiger partial charge on any atom is -0.485 e. The van der Waals surface area contributed by atoms with E-state index in [1.165, 1.54) is 22.2 Å². The first-order chi connectivity index (χ1) is 10.7. The molecule has 116 valence electrons. The smallest absolute Gasteiger partial charge is 0.269 e. The first-order valence-electron chi connectivity index (χ1n) is 6.59. The molecule has 0 spiro atoms. The summed E-state index contributed by atoms with van der Waals surface area (Å²) in [5.74, 6) is 0.610. The van der Waals surface area contributed by atoms with Crippen molar-refractivity contribution in [3.8, 4) is 11.5 Å². The lowest BCUT2D eigenvalue weighted by Gasteiger charge is -2.15. The normalized spacial score (nSPS) is 12.8. The third-order valence-electron chi connectivity index (χ3n) is 2.98. The molecule has 2 N–H and O–H groups in total. The second kappa shape index (κ2) is 6.06. The zero-order valence-corrected chi connectivity index (χ0v) is 12.6. The van der Waals surface area contributed by atoms with Crippen molar-refractivity contribution in [3.05, 3.63) is 22.7 Å². The van der Waals surface area contributed by atoms with Crippen LogP contribution < -0.4 is 20.1 Å². The number of aromatic nitrogens is 2. The molecule has 0 fully saturated rings. The summed E-state index contributed by atoms with van der Waals surface area (Å²) in [5.41, 5.74) is 0.507. The molecule has 3 heterocycles. The van der Waals surface area contributed by atoms with Crippen LogP contribution in [-0.4, -0.2) is 41.9 Å². The number of rotatable bonds is 4. The highest BCUT2D eigenvalue weighted by atomic mass is 32.1. The second-order valence-electron chi connectivity index (χ2n) is 4.51. The van der Waals surface area contributed by atoms with Crippen LogP contribution in [-0.2, 0) is 11.3 Å². The highest BCUT2D eigenvalue weighted by Gasteiger charge is 2.23. The van der Waals surface area contributed by atoms with Gasteiger partial charge in [0.25, 0.3) is 5.91 Å². The molecule has 3 rings (SSSR count). The minimum absolute atomic E-state index is 0.0950. The Morgan fingerprint density at radius 2 is 2.23 bits per heavy atom. The molecular weight excluding hydrogens is 308 g/mol. The van der Waals surface area contributed by atoms with Gasteiger partial charge in [0.15, 0.2) is 11.5 Å². The number of fused-ring (bicyclic) bond motifs is 1. The molecule has 8 nitrogen and oxygen atoms in total. The molecule has 0 saturated heterocycles. The average Bonchev–Trinajstić information content (AvgIpc) is 3.13. The molecule has 9 heteroatoms. The van der Waals surface area contributed by atoms with Gasteiger partial charge in [-0.1, -0.05) is 0 Å². The lowest BCUT2D eigenvalue weighted by atomic mass is 10.3. The van der Waals surface area contributed by atoms with Crippen LogP contribution in [0.25, 0.3) is 0 Å². The minimum atomic E-state index is -0.295. The van der Waals surface area contributed by atoms with Crippen LogP contribution in [0.4, 0.5) is 5.69 Å². The van der Waals surface area contributed by atoms with Crippen molar-refractivity contribution in [2.24, 2.45) is 0 Å². The van der Waals surface area contributed by atoms with Gasteiger partial charge in [0.1, 0.15) is 24.6 Å². The number of anilines is 1. The summed E-state index contributed by atoms with van der Waals surface area (Å²) in [4.78, 5) is 24.0. The molecular formula is C13H14N4O4S. The van der Waals surface area contributed by atoms with Gasteiger partial charge in [-0.05, 0) is 0 Å². The number of carbonyl (C=O) groups is 2. The van der Waals surface area contributed by atoms with Gasteiger partial charge < -0.3 is 20.1 Å². The summed E-state index contributed by atoms with van der Waals surface area (Å²) in [6, 6.07) is 0.